The van der Waals surface area contributed by atoms with Gasteiger partial charge in [0, 0.05) is 35.8 Å². The molecule has 0 radical (unpaired) electrons. The molecule has 2 aliphatic rings. The topological polar surface area (TPSA) is 85.2 Å². The van der Waals surface area contributed by atoms with Crippen LogP contribution in [0.3, 0.4) is 0 Å². The van der Waals surface area contributed by atoms with Gasteiger partial charge in [0.1, 0.15) is 12.3 Å². The summed E-state index contributed by atoms with van der Waals surface area (Å²) in [6.07, 6.45) is 3.79. The number of hydrogen-bond donors (Lipinski definition) is 1. The zero-order chi connectivity index (χ0) is 23.5. The molecule has 34 heavy (non-hydrogen) atoms. The van der Waals surface area contributed by atoms with Crippen LogP contribution in [-0.4, -0.2) is 59.9 Å². The number of morpholine rings is 1. The van der Waals surface area contributed by atoms with Crippen molar-refractivity contribution in [2.45, 2.75) is 6.54 Å². The maximum atomic E-state index is 12.8. The first kappa shape index (κ1) is 22.2. The Morgan fingerprint density at radius 1 is 1.18 bits per heavy atom. The Hall–Kier alpha value is -3.56. The Bertz CT molecular complexity index is 1290. The van der Waals surface area contributed by atoms with Crippen molar-refractivity contribution in [3.63, 3.8) is 0 Å². The van der Waals surface area contributed by atoms with Crippen LogP contribution in [0.25, 0.3) is 17.0 Å². The van der Waals surface area contributed by atoms with E-state index in [4.69, 9.17) is 9.47 Å². The lowest BCUT2D eigenvalue weighted by atomic mass is 10.1. The van der Waals surface area contributed by atoms with Gasteiger partial charge in [-0.2, -0.15) is 0 Å². The third-order valence-corrected chi connectivity index (χ3v) is 6.64. The smallest absolute Gasteiger partial charge is 0.264 e. The van der Waals surface area contributed by atoms with Crippen LogP contribution in [0.1, 0.15) is 5.56 Å². The van der Waals surface area contributed by atoms with E-state index in [1.54, 1.807) is 7.11 Å². The Kier molecular flexibility index (Phi) is 6.37. The molecule has 2 saturated heterocycles. The third kappa shape index (κ3) is 4.71. The van der Waals surface area contributed by atoms with Gasteiger partial charge in [-0.3, -0.25) is 9.59 Å². The number of aliphatic imine (C=N–C) groups is 1. The first-order valence-electron chi connectivity index (χ1n) is 11.0. The zero-order valence-electron chi connectivity index (χ0n) is 18.7. The number of ether oxygens (including phenoxy) is 2. The van der Waals surface area contributed by atoms with Gasteiger partial charge in [-0.25, -0.2) is 4.99 Å². The second kappa shape index (κ2) is 9.74. The normalized spacial score (nSPS) is 18.6. The monoisotopic (exact) mass is 476 g/mol. The minimum absolute atomic E-state index is 0.0603. The van der Waals surface area contributed by atoms with Crippen molar-refractivity contribution in [3.05, 3.63) is 65.2 Å². The summed E-state index contributed by atoms with van der Waals surface area (Å²) >= 11 is 1.29. The number of nitrogens with one attached hydrogen (secondary N) is 1. The molecule has 2 aliphatic heterocycles. The molecule has 0 atom stereocenters. The first-order valence-corrected chi connectivity index (χ1v) is 11.8. The quantitative estimate of drug-likeness (QED) is 0.571. The van der Waals surface area contributed by atoms with E-state index >= 15 is 0 Å². The van der Waals surface area contributed by atoms with Crippen LogP contribution >= 0.6 is 11.8 Å². The van der Waals surface area contributed by atoms with Crippen LogP contribution in [-0.2, 0) is 20.9 Å². The fourth-order valence-corrected chi connectivity index (χ4v) is 4.81. The van der Waals surface area contributed by atoms with Gasteiger partial charge in [-0.05, 0) is 48.2 Å². The van der Waals surface area contributed by atoms with Gasteiger partial charge in [-0.1, -0.05) is 18.2 Å². The van der Waals surface area contributed by atoms with E-state index in [-0.39, 0.29) is 18.4 Å². The van der Waals surface area contributed by atoms with Crippen molar-refractivity contribution in [1.82, 2.24) is 14.8 Å². The standard InChI is InChI=1S/C25H24N4O4S/c1-32-19-8-6-18(7-9-19)26-25-27-24(31)22(34-25)14-17-15-29(21-5-3-2-4-20(17)21)16-23(30)28-10-12-33-13-11-28/h2-9,14-15H,10-13,16H2,1H3,(H,26,27,31)/b22-14-. The predicted molar refractivity (Wildman–Crippen MR) is 133 cm³/mol. The molecule has 8 nitrogen and oxygen atoms in total. The summed E-state index contributed by atoms with van der Waals surface area (Å²) in [5, 5.41) is 4.33. The molecule has 3 heterocycles. The minimum Gasteiger partial charge on any atom is -0.497 e. The maximum absolute atomic E-state index is 12.8. The first-order chi connectivity index (χ1) is 16.6. The Morgan fingerprint density at radius 3 is 2.71 bits per heavy atom. The molecule has 174 valence electrons. The lowest BCUT2D eigenvalue weighted by Gasteiger charge is -2.27. The lowest BCUT2D eigenvalue weighted by molar-refractivity contribution is -0.135. The average molecular weight is 477 g/mol. The highest BCUT2D eigenvalue weighted by molar-refractivity contribution is 8.18. The second-order valence-electron chi connectivity index (χ2n) is 7.90. The van der Waals surface area contributed by atoms with Gasteiger partial charge in [0.2, 0.25) is 5.91 Å². The third-order valence-electron chi connectivity index (χ3n) is 5.73. The number of rotatable bonds is 5. The molecule has 0 unspecified atom stereocenters. The van der Waals surface area contributed by atoms with E-state index in [9.17, 15) is 9.59 Å². The van der Waals surface area contributed by atoms with Crippen LogP contribution in [0.15, 0.2) is 64.6 Å². The summed E-state index contributed by atoms with van der Waals surface area (Å²) in [7, 11) is 1.61. The van der Waals surface area contributed by atoms with E-state index < -0.39 is 0 Å². The number of nitrogens with zero attached hydrogens (tertiary/aromatic N) is 3. The maximum Gasteiger partial charge on any atom is 0.264 e. The summed E-state index contributed by atoms with van der Waals surface area (Å²) in [5.41, 5.74) is 2.56. The van der Waals surface area contributed by atoms with Gasteiger partial charge < -0.3 is 24.3 Å². The molecule has 2 amide bonds. The molecule has 1 aromatic heterocycles. The van der Waals surface area contributed by atoms with Crippen molar-refractivity contribution in [1.29, 1.82) is 0 Å². The summed E-state index contributed by atoms with van der Waals surface area (Å²) in [5.74, 6) is 0.611. The molecule has 5 rings (SSSR count). The van der Waals surface area contributed by atoms with Crippen molar-refractivity contribution >= 4 is 51.4 Å². The molecule has 9 heteroatoms. The SMILES string of the molecule is COc1ccc(N=C2NC(=O)/C(=C/c3cn(CC(=O)N4CCOCC4)c4ccccc34)S2)cc1. The minimum atomic E-state index is -0.196. The molecule has 0 spiro atoms. The number of hydrogen-bond acceptors (Lipinski definition) is 6. The van der Waals surface area contributed by atoms with Crippen molar-refractivity contribution in [2.24, 2.45) is 4.99 Å². The molecule has 0 aliphatic carbocycles. The van der Waals surface area contributed by atoms with Crippen molar-refractivity contribution in [3.8, 4) is 5.75 Å². The van der Waals surface area contributed by atoms with Crippen molar-refractivity contribution < 1.29 is 19.1 Å². The van der Waals surface area contributed by atoms with E-state index in [0.29, 0.717) is 36.4 Å². The lowest BCUT2D eigenvalue weighted by Crippen LogP contribution is -2.42. The Balaban J connectivity index is 1.39. The number of benzene rings is 2. The molecule has 2 aromatic carbocycles. The number of carbonyl (C=O) groups excluding carboxylic acids is 2. The fraction of sp³-hybridized carbons (Fsp3) is 0.240. The molecule has 0 bridgehead atoms. The fourth-order valence-electron chi connectivity index (χ4n) is 3.98. The van der Waals surface area contributed by atoms with Gasteiger partial charge >= 0.3 is 0 Å². The van der Waals surface area contributed by atoms with E-state index in [0.717, 1.165) is 27.9 Å². The molecular formula is C25H24N4O4S. The highest BCUT2D eigenvalue weighted by atomic mass is 32.2. The van der Waals surface area contributed by atoms with Crippen LogP contribution in [0.4, 0.5) is 5.69 Å². The second-order valence-corrected chi connectivity index (χ2v) is 8.93. The summed E-state index contributed by atoms with van der Waals surface area (Å²) < 4.78 is 12.5. The largest absolute Gasteiger partial charge is 0.497 e. The number of methoxy groups -OCH3 is 1. The Labute approximate surface area is 201 Å². The molecule has 3 aromatic rings. The van der Waals surface area contributed by atoms with Gasteiger partial charge in [-0.15, -0.1) is 0 Å². The number of para-hydroxylation sites is 1. The van der Waals surface area contributed by atoms with Crippen LogP contribution in [0, 0.1) is 0 Å². The number of amides is 2. The highest BCUT2D eigenvalue weighted by Crippen LogP contribution is 2.31. The van der Waals surface area contributed by atoms with E-state index in [1.165, 1.54) is 11.8 Å². The van der Waals surface area contributed by atoms with Gasteiger partial charge in [0.25, 0.3) is 5.91 Å². The number of amidine groups is 1. The van der Waals surface area contributed by atoms with E-state index in [1.807, 2.05) is 70.3 Å². The molecule has 1 N–H and O–H groups in total. The summed E-state index contributed by atoms with van der Waals surface area (Å²) in [4.78, 5) is 32.3. The molecule has 0 saturated carbocycles. The van der Waals surface area contributed by atoms with Gasteiger partial charge in [0.05, 0.1) is 30.9 Å². The zero-order valence-corrected chi connectivity index (χ0v) is 19.5. The summed E-state index contributed by atoms with van der Waals surface area (Å²) in [6.45, 7) is 2.61. The predicted octanol–water partition coefficient (Wildman–Crippen LogP) is 3.40. The number of aromatic nitrogens is 1. The van der Waals surface area contributed by atoms with Crippen molar-refractivity contribution in [2.75, 3.05) is 33.4 Å². The van der Waals surface area contributed by atoms with Gasteiger partial charge in [0.15, 0.2) is 5.17 Å². The molecule has 2 fully saturated rings. The van der Waals surface area contributed by atoms with Crippen LogP contribution < -0.4 is 10.1 Å². The van der Waals surface area contributed by atoms with Crippen LogP contribution in [0.2, 0.25) is 0 Å². The Morgan fingerprint density at radius 2 is 1.94 bits per heavy atom. The summed E-state index contributed by atoms with van der Waals surface area (Å²) in [6, 6.07) is 15.2. The number of fused-ring (bicyclic) bond motifs is 1. The average Bonchev–Trinajstić information content (AvgIpc) is 3.39. The number of carbonyl (C=O) groups is 2. The number of thioether (sulfide) groups is 1. The highest BCUT2D eigenvalue weighted by Gasteiger charge is 2.25. The van der Waals surface area contributed by atoms with Crippen LogP contribution in [0.5, 0.6) is 5.75 Å². The van der Waals surface area contributed by atoms with E-state index in [2.05, 4.69) is 10.3 Å². The molecular weight excluding hydrogens is 452 g/mol.